The smallest absolute Gasteiger partial charge is 0.409 e. The highest BCUT2D eigenvalue weighted by Gasteiger charge is 2.22. The molecule has 5 heteroatoms. The summed E-state index contributed by atoms with van der Waals surface area (Å²) in [4.78, 5) is 0. The molecular weight excluding hydrogens is 320 g/mol. The van der Waals surface area contributed by atoms with Crippen molar-refractivity contribution >= 4 is 6.08 Å². The number of ether oxygens (including phenoxy) is 1. The van der Waals surface area contributed by atoms with Crippen molar-refractivity contribution in [2.75, 3.05) is 6.61 Å². The van der Waals surface area contributed by atoms with Gasteiger partial charge < -0.3 is 4.74 Å². The predicted octanol–water partition coefficient (Wildman–Crippen LogP) is 6.39. The molecule has 0 N–H and O–H groups in total. The first kappa shape index (κ1) is 18.8. The van der Waals surface area contributed by atoms with Crippen molar-refractivity contribution in [3.8, 4) is 5.75 Å². The van der Waals surface area contributed by atoms with Crippen LogP contribution in [0, 0.1) is 17.7 Å². The van der Waals surface area contributed by atoms with Crippen LogP contribution in [-0.2, 0) is 0 Å². The van der Waals surface area contributed by atoms with Crippen LogP contribution in [0.3, 0.4) is 0 Å². The molecule has 0 unspecified atom stereocenters. The van der Waals surface area contributed by atoms with Gasteiger partial charge in [-0.1, -0.05) is 32.6 Å². The molecule has 1 aromatic carbocycles. The van der Waals surface area contributed by atoms with Crippen molar-refractivity contribution in [1.29, 1.82) is 0 Å². The van der Waals surface area contributed by atoms with E-state index < -0.39 is 12.0 Å². The molecule has 2 rings (SSSR count). The Balaban J connectivity index is 1.84. The summed E-state index contributed by atoms with van der Waals surface area (Å²) >= 11 is 0. The quantitative estimate of drug-likeness (QED) is 0.544. The van der Waals surface area contributed by atoms with E-state index in [4.69, 9.17) is 4.74 Å². The van der Waals surface area contributed by atoms with E-state index in [2.05, 4.69) is 6.92 Å². The Morgan fingerprint density at radius 2 is 1.79 bits per heavy atom. The molecule has 0 aromatic heterocycles. The fourth-order valence-corrected chi connectivity index (χ4v) is 3.23. The first-order valence-corrected chi connectivity index (χ1v) is 8.55. The minimum Gasteiger partial charge on any atom is -0.493 e. The lowest BCUT2D eigenvalue weighted by atomic mass is 9.80. The molecule has 134 valence electrons. The topological polar surface area (TPSA) is 9.23 Å². The van der Waals surface area contributed by atoms with Crippen LogP contribution in [0.1, 0.15) is 51.0 Å². The number of rotatable bonds is 6. The van der Waals surface area contributed by atoms with Gasteiger partial charge in [0, 0.05) is 17.7 Å². The third kappa shape index (κ3) is 6.17. The van der Waals surface area contributed by atoms with Gasteiger partial charge >= 0.3 is 6.18 Å². The Morgan fingerprint density at radius 1 is 1.12 bits per heavy atom. The average molecular weight is 344 g/mol. The fourth-order valence-electron chi connectivity index (χ4n) is 3.23. The molecule has 0 aliphatic heterocycles. The van der Waals surface area contributed by atoms with Crippen LogP contribution in [0.5, 0.6) is 5.75 Å². The zero-order valence-electron chi connectivity index (χ0n) is 13.9. The summed E-state index contributed by atoms with van der Waals surface area (Å²) in [6.45, 7) is 2.74. The molecule has 1 fully saturated rings. The molecule has 0 radical (unpaired) electrons. The van der Waals surface area contributed by atoms with E-state index in [1.54, 1.807) is 0 Å². The molecule has 0 saturated heterocycles. The van der Waals surface area contributed by atoms with Gasteiger partial charge in [-0.05, 0) is 42.9 Å². The van der Waals surface area contributed by atoms with Crippen molar-refractivity contribution in [3.63, 3.8) is 0 Å². The third-order valence-electron chi connectivity index (χ3n) is 4.57. The molecule has 1 aliphatic carbocycles. The van der Waals surface area contributed by atoms with Crippen molar-refractivity contribution < 1.29 is 22.3 Å². The van der Waals surface area contributed by atoms with Gasteiger partial charge in [-0.15, -0.1) is 0 Å². The Morgan fingerprint density at radius 3 is 2.38 bits per heavy atom. The molecule has 1 saturated carbocycles. The maximum atomic E-state index is 13.8. The van der Waals surface area contributed by atoms with Crippen LogP contribution in [0.4, 0.5) is 17.6 Å². The van der Waals surface area contributed by atoms with Gasteiger partial charge in [-0.2, -0.15) is 13.2 Å². The average Bonchev–Trinajstić information content (AvgIpc) is 2.53. The largest absolute Gasteiger partial charge is 0.493 e. The van der Waals surface area contributed by atoms with E-state index in [0.29, 0.717) is 18.3 Å². The second kappa shape index (κ2) is 8.54. The van der Waals surface area contributed by atoms with Gasteiger partial charge in [0.1, 0.15) is 11.6 Å². The molecule has 1 aromatic rings. The summed E-state index contributed by atoms with van der Waals surface area (Å²) < 4.78 is 55.8. The lowest BCUT2D eigenvalue weighted by molar-refractivity contribution is -0.0790. The normalized spacial score (nSPS) is 22.0. The summed E-state index contributed by atoms with van der Waals surface area (Å²) in [6.07, 6.45) is 3.51. The number of hydrogen-bond donors (Lipinski definition) is 0. The lowest BCUT2D eigenvalue weighted by Gasteiger charge is -2.28. The van der Waals surface area contributed by atoms with Crippen LogP contribution >= 0.6 is 0 Å². The van der Waals surface area contributed by atoms with Gasteiger partial charge in [0.2, 0.25) is 0 Å². The Bertz CT molecular complexity index is 543. The van der Waals surface area contributed by atoms with Crippen LogP contribution in [0.15, 0.2) is 24.3 Å². The van der Waals surface area contributed by atoms with E-state index in [9.17, 15) is 17.6 Å². The molecule has 0 bridgehead atoms. The summed E-state index contributed by atoms with van der Waals surface area (Å²) in [6, 6.07) is 3.98. The molecule has 0 heterocycles. The highest BCUT2D eigenvalue weighted by atomic mass is 19.4. The Labute approximate surface area is 140 Å². The molecular formula is C19H24F4O. The third-order valence-corrected chi connectivity index (χ3v) is 4.57. The second-order valence-corrected chi connectivity index (χ2v) is 6.54. The van der Waals surface area contributed by atoms with Gasteiger partial charge in [0.25, 0.3) is 0 Å². The number of hydrogen-bond acceptors (Lipinski definition) is 1. The van der Waals surface area contributed by atoms with E-state index in [-0.39, 0.29) is 11.6 Å². The van der Waals surface area contributed by atoms with E-state index >= 15 is 0 Å². The molecule has 0 atom stereocenters. The molecule has 1 nitrogen and oxygen atoms in total. The zero-order valence-corrected chi connectivity index (χ0v) is 13.9. The second-order valence-electron chi connectivity index (χ2n) is 6.54. The number of allylic oxidation sites excluding steroid dienone is 1. The first-order valence-electron chi connectivity index (χ1n) is 8.55. The van der Waals surface area contributed by atoms with E-state index in [1.165, 1.54) is 37.8 Å². The number of alkyl halides is 3. The monoisotopic (exact) mass is 344 g/mol. The SMILES string of the molecule is CCCC1CCC(COc2ccc(/C=C/C(F)(F)F)c(F)c2)CC1. The van der Waals surface area contributed by atoms with Crippen LogP contribution in [0.25, 0.3) is 6.08 Å². The number of halogens is 4. The van der Waals surface area contributed by atoms with Crippen molar-refractivity contribution in [2.45, 2.75) is 51.6 Å². The van der Waals surface area contributed by atoms with Gasteiger partial charge in [-0.3, -0.25) is 0 Å². The maximum absolute atomic E-state index is 13.8. The first-order chi connectivity index (χ1) is 11.4. The highest BCUT2D eigenvalue weighted by molar-refractivity contribution is 5.52. The Hall–Kier alpha value is -1.52. The summed E-state index contributed by atoms with van der Waals surface area (Å²) in [5.41, 5.74) is -0.0975. The lowest BCUT2D eigenvalue weighted by Crippen LogP contribution is -2.20. The molecule has 24 heavy (non-hydrogen) atoms. The fraction of sp³-hybridized carbons (Fsp3) is 0.579. The van der Waals surface area contributed by atoms with E-state index in [0.717, 1.165) is 30.9 Å². The summed E-state index contributed by atoms with van der Waals surface area (Å²) in [5.74, 6) is 0.960. The number of benzene rings is 1. The summed E-state index contributed by atoms with van der Waals surface area (Å²) in [7, 11) is 0. The minimum atomic E-state index is -4.45. The Kier molecular flexibility index (Phi) is 6.69. The highest BCUT2D eigenvalue weighted by Crippen LogP contribution is 2.32. The van der Waals surface area contributed by atoms with Crippen LogP contribution < -0.4 is 4.74 Å². The molecule has 1 aliphatic rings. The molecule has 0 spiro atoms. The van der Waals surface area contributed by atoms with Crippen LogP contribution in [-0.4, -0.2) is 12.8 Å². The standard InChI is InChI=1S/C19H24F4O/c1-2-3-14-4-6-15(7-5-14)13-24-17-9-8-16(18(20)12-17)10-11-19(21,22)23/h8-12,14-15H,2-7,13H2,1H3/b11-10+. The van der Waals surface area contributed by atoms with Gasteiger partial charge in [-0.25, -0.2) is 4.39 Å². The van der Waals surface area contributed by atoms with Gasteiger partial charge in [0.05, 0.1) is 6.61 Å². The molecule has 0 amide bonds. The van der Waals surface area contributed by atoms with E-state index in [1.807, 2.05) is 0 Å². The minimum absolute atomic E-state index is 0.0285. The van der Waals surface area contributed by atoms with Crippen molar-refractivity contribution in [2.24, 2.45) is 11.8 Å². The predicted molar refractivity (Wildman–Crippen MR) is 87.3 cm³/mol. The van der Waals surface area contributed by atoms with Gasteiger partial charge in [0.15, 0.2) is 0 Å². The maximum Gasteiger partial charge on any atom is 0.409 e. The zero-order chi connectivity index (χ0) is 17.6. The van der Waals surface area contributed by atoms with Crippen molar-refractivity contribution in [3.05, 3.63) is 35.7 Å². The summed E-state index contributed by atoms with van der Waals surface area (Å²) in [5, 5.41) is 0. The van der Waals surface area contributed by atoms with Crippen LogP contribution in [0.2, 0.25) is 0 Å². The van der Waals surface area contributed by atoms with Crippen molar-refractivity contribution in [1.82, 2.24) is 0 Å².